The van der Waals surface area contributed by atoms with Crippen LogP contribution < -0.4 is 5.32 Å². The molecule has 1 aliphatic carbocycles. The second-order valence-electron chi connectivity index (χ2n) is 3.93. The maximum absolute atomic E-state index is 11.5. The Morgan fingerprint density at radius 1 is 1.54 bits per heavy atom. The number of allylic oxidation sites excluding steroid dienone is 1. The van der Waals surface area contributed by atoms with Crippen LogP contribution in [0.2, 0.25) is 0 Å². The van der Waals surface area contributed by atoms with Gasteiger partial charge in [0.25, 0.3) is 0 Å². The molecule has 0 aromatic carbocycles. The number of carbonyl (C=O) groups is 1. The molecule has 0 heterocycles. The Morgan fingerprint density at radius 3 is 2.62 bits per heavy atom. The van der Waals surface area contributed by atoms with E-state index in [0.717, 1.165) is 18.4 Å². The van der Waals surface area contributed by atoms with Gasteiger partial charge in [-0.25, -0.2) is 0 Å². The lowest BCUT2D eigenvalue weighted by molar-refractivity contribution is -0.119. The Labute approximate surface area is 80.4 Å². The van der Waals surface area contributed by atoms with Gasteiger partial charge in [0.1, 0.15) is 0 Å². The first-order valence-corrected chi connectivity index (χ1v) is 5.12. The number of amides is 1. The van der Waals surface area contributed by atoms with Crippen LogP contribution in [0.15, 0.2) is 11.6 Å². The van der Waals surface area contributed by atoms with E-state index >= 15 is 0 Å². The Kier molecular flexibility index (Phi) is 3.52. The Morgan fingerprint density at radius 2 is 2.23 bits per heavy atom. The lowest BCUT2D eigenvalue weighted by Crippen LogP contribution is -2.45. The fourth-order valence-corrected chi connectivity index (χ4v) is 1.56. The van der Waals surface area contributed by atoms with E-state index in [1.165, 1.54) is 6.42 Å². The predicted octanol–water partition coefficient (Wildman–Crippen LogP) is 2.26. The van der Waals surface area contributed by atoms with Crippen molar-refractivity contribution in [2.75, 3.05) is 0 Å². The van der Waals surface area contributed by atoms with E-state index in [1.54, 1.807) is 0 Å². The standard InChI is InChI=1S/C11H19NO/c1-4-5-9(3)11(13)12-10-7-6-8(10)2/h5,8,10H,4,6-7H2,1-3H3,(H,12,13)/b9-5-. The van der Waals surface area contributed by atoms with Crippen LogP contribution in [0.4, 0.5) is 0 Å². The Balaban J connectivity index is 2.36. The highest BCUT2D eigenvalue weighted by Crippen LogP contribution is 2.26. The largest absolute Gasteiger partial charge is 0.349 e. The Hall–Kier alpha value is -0.790. The van der Waals surface area contributed by atoms with Crippen LogP contribution in [0.3, 0.4) is 0 Å². The summed E-state index contributed by atoms with van der Waals surface area (Å²) in [6, 6.07) is 0.424. The molecule has 1 aliphatic rings. The van der Waals surface area contributed by atoms with Crippen molar-refractivity contribution in [1.82, 2.24) is 5.32 Å². The summed E-state index contributed by atoms with van der Waals surface area (Å²) in [6.45, 7) is 6.11. The molecule has 13 heavy (non-hydrogen) atoms. The molecule has 1 amide bonds. The number of hydrogen-bond donors (Lipinski definition) is 1. The predicted molar refractivity (Wildman–Crippen MR) is 54.4 cm³/mol. The third kappa shape index (κ3) is 2.58. The van der Waals surface area contributed by atoms with Crippen molar-refractivity contribution in [3.63, 3.8) is 0 Å². The molecule has 2 heteroatoms. The highest BCUT2D eigenvalue weighted by atomic mass is 16.1. The number of rotatable bonds is 3. The molecule has 1 fully saturated rings. The van der Waals surface area contributed by atoms with Crippen LogP contribution in [0, 0.1) is 5.92 Å². The summed E-state index contributed by atoms with van der Waals surface area (Å²) >= 11 is 0. The molecule has 1 rings (SSSR count). The number of carbonyl (C=O) groups excluding carboxylic acids is 1. The molecular formula is C11H19NO. The molecule has 2 nitrogen and oxygen atoms in total. The number of nitrogens with one attached hydrogen (secondary N) is 1. The highest BCUT2D eigenvalue weighted by Gasteiger charge is 2.27. The second-order valence-corrected chi connectivity index (χ2v) is 3.93. The molecule has 1 N–H and O–H groups in total. The SMILES string of the molecule is CC/C=C(/C)C(=O)NC1CCC1C. The minimum absolute atomic E-state index is 0.110. The number of hydrogen-bond acceptors (Lipinski definition) is 1. The van der Waals surface area contributed by atoms with Crippen LogP contribution in [0.5, 0.6) is 0 Å². The van der Waals surface area contributed by atoms with Crippen molar-refractivity contribution in [3.05, 3.63) is 11.6 Å². The van der Waals surface area contributed by atoms with Gasteiger partial charge in [-0.05, 0) is 32.1 Å². The summed E-state index contributed by atoms with van der Waals surface area (Å²) < 4.78 is 0. The molecule has 0 spiro atoms. The van der Waals surface area contributed by atoms with Crippen molar-refractivity contribution in [1.29, 1.82) is 0 Å². The Bertz CT molecular complexity index is 220. The average molecular weight is 181 g/mol. The zero-order valence-corrected chi connectivity index (χ0v) is 8.76. The molecule has 2 atom stereocenters. The van der Waals surface area contributed by atoms with Crippen LogP contribution in [0.1, 0.15) is 40.0 Å². The average Bonchev–Trinajstić information content (AvgIpc) is 2.11. The van der Waals surface area contributed by atoms with Crippen LogP contribution in [-0.4, -0.2) is 11.9 Å². The van der Waals surface area contributed by atoms with E-state index in [1.807, 2.05) is 19.9 Å². The summed E-state index contributed by atoms with van der Waals surface area (Å²) in [7, 11) is 0. The fraction of sp³-hybridized carbons (Fsp3) is 0.727. The quantitative estimate of drug-likeness (QED) is 0.665. The van der Waals surface area contributed by atoms with E-state index < -0.39 is 0 Å². The maximum Gasteiger partial charge on any atom is 0.246 e. The smallest absolute Gasteiger partial charge is 0.246 e. The molecule has 0 saturated heterocycles. The van der Waals surface area contributed by atoms with Crippen LogP contribution >= 0.6 is 0 Å². The van der Waals surface area contributed by atoms with Crippen molar-refractivity contribution in [2.24, 2.45) is 5.92 Å². The maximum atomic E-state index is 11.5. The molecule has 0 radical (unpaired) electrons. The molecule has 2 unspecified atom stereocenters. The molecule has 0 aliphatic heterocycles. The minimum Gasteiger partial charge on any atom is -0.349 e. The highest BCUT2D eigenvalue weighted by molar-refractivity contribution is 5.92. The minimum atomic E-state index is 0.110. The molecule has 1 saturated carbocycles. The monoisotopic (exact) mass is 181 g/mol. The molecule has 0 aromatic heterocycles. The second kappa shape index (κ2) is 4.45. The van der Waals surface area contributed by atoms with E-state index in [9.17, 15) is 4.79 Å². The normalized spacial score (nSPS) is 28.1. The van der Waals surface area contributed by atoms with Gasteiger partial charge in [0.15, 0.2) is 0 Å². The van der Waals surface area contributed by atoms with Gasteiger partial charge < -0.3 is 5.32 Å². The third-order valence-electron chi connectivity index (χ3n) is 2.80. The summed E-state index contributed by atoms with van der Waals surface area (Å²) in [5, 5.41) is 3.04. The van der Waals surface area contributed by atoms with Gasteiger partial charge in [0, 0.05) is 11.6 Å². The van der Waals surface area contributed by atoms with E-state index in [2.05, 4.69) is 12.2 Å². The zero-order chi connectivity index (χ0) is 9.84. The van der Waals surface area contributed by atoms with Gasteiger partial charge in [-0.3, -0.25) is 4.79 Å². The molecule has 74 valence electrons. The summed E-state index contributed by atoms with van der Waals surface area (Å²) in [4.78, 5) is 11.5. The van der Waals surface area contributed by atoms with Crippen molar-refractivity contribution in [3.8, 4) is 0 Å². The van der Waals surface area contributed by atoms with Crippen molar-refractivity contribution >= 4 is 5.91 Å². The molecular weight excluding hydrogens is 162 g/mol. The molecule has 0 aromatic rings. The lowest BCUT2D eigenvalue weighted by atomic mass is 9.81. The summed E-state index contributed by atoms with van der Waals surface area (Å²) in [6.07, 6.45) is 5.30. The lowest BCUT2D eigenvalue weighted by Gasteiger charge is -2.34. The van der Waals surface area contributed by atoms with Crippen molar-refractivity contribution in [2.45, 2.75) is 46.1 Å². The topological polar surface area (TPSA) is 29.1 Å². The van der Waals surface area contributed by atoms with Gasteiger partial charge in [0.05, 0.1) is 0 Å². The third-order valence-corrected chi connectivity index (χ3v) is 2.80. The van der Waals surface area contributed by atoms with Gasteiger partial charge in [0.2, 0.25) is 5.91 Å². The fourth-order valence-electron chi connectivity index (χ4n) is 1.56. The van der Waals surface area contributed by atoms with Crippen LogP contribution in [-0.2, 0) is 4.79 Å². The van der Waals surface area contributed by atoms with Gasteiger partial charge in [-0.15, -0.1) is 0 Å². The van der Waals surface area contributed by atoms with Crippen LogP contribution in [0.25, 0.3) is 0 Å². The van der Waals surface area contributed by atoms with Gasteiger partial charge in [-0.2, -0.15) is 0 Å². The molecule has 0 bridgehead atoms. The van der Waals surface area contributed by atoms with Gasteiger partial charge >= 0.3 is 0 Å². The summed E-state index contributed by atoms with van der Waals surface area (Å²) in [5.74, 6) is 0.775. The summed E-state index contributed by atoms with van der Waals surface area (Å²) in [5.41, 5.74) is 0.849. The van der Waals surface area contributed by atoms with E-state index in [0.29, 0.717) is 12.0 Å². The van der Waals surface area contributed by atoms with Crippen molar-refractivity contribution < 1.29 is 4.79 Å². The first-order chi connectivity index (χ1) is 6.15. The van der Waals surface area contributed by atoms with E-state index in [4.69, 9.17) is 0 Å². The first-order valence-electron chi connectivity index (χ1n) is 5.12. The first kappa shape index (κ1) is 10.3. The zero-order valence-electron chi connectivity index (χ0n) is 8.76. The van der Waals surface area contributed by atoms with E-state index in [-0.39, 0.29) is 5.91 Å². The van der Waals surface area contributed by atoms with Gasteiger partial charge in [-0.1, -0.05) is 19.9 Å².